The maximum absolute atomic E-state index is 12.4. The number of alkyl halides is 1. The molecule has 1 saturated heterocycles. The first-order valence-electron chi connectivity index (χ1n) is 8.84. The monoisotopic (exact) mass is 382 g/mol. The number of hydrogen-bond acceptors (Lipinski definition) is 4. The summed E-state index contributed by atoms with van der Waals surface area (Å²) in [4.78, 5) is 26.6. The van der Waals surface area contributed by atoms with Gasteiger partial charge in [-0.25, -0.2) is 0 Å². The number of aromatic hydroxyl groups is 1. The maximum Gasteiger partial charge on any atom is 0.260 e. The van der Waals surface area contributed by atoms with Gasteiger partial charge in [-0.2, -0.15) is 0 Å². The third kappa shape index (κ3) is 5.27. The van der Waals surface area contributed by atoms with E-state index < -0.39 is 11.5 Å². The number of carbonyl (C=O) groups is 2. The first kappa shape index (κ1) is 20.4. The van der Waals surface area contributed by atoms with Crippen LogP contribution in [0, 0.1) is 5.41 Å². The summed E-state index contributed by atoms with van der Waals surface area (Å²) in [6.45, 7) is 6.59. The third-order valence-electron chi connectivity index (χ3n) is 4.56. The Hall–Kier alpha value is -1.95. The molecule has 0 bridgehead atoms. The fraction of sp³-hybridized carbons (Fsp3) is 0.579. The zero-order chi connectivity index (χ0) is 19.3. The molecule has 0 saturated carbocycles. The van der Waals surface area contributed by atoms with Crippen molar-refractivity contribution >= 4 is 23.4 Å². The summed E-state index contributed by atoms with van der Waals surface area (Å²) < 4.78 is 5.59. The van der Waals surface area contributed by atoms with Crippen molar-refractivity contribution in [1.29, 1.82) is 0 Å². The molecule has 1 aromatic rings. The summed E-state index contributed by atoms with van der Waals surface area (Å²) in [5.41, 5.74) is -0.565. The Labute approximate surface area is 159 Å². The SMILES string of the molecule is CC(Oc1ccc(O)cc1)C(=O)NC1CCN(C(=O)C(C)(C)CCl)CC1. The molecule has 1 aromatic carbocycles. The fourth-order valence-corrected chi connectivity index (χ4v) is 2.93. The number of rotatable bonds is 6. The van der Waals surface area contributed by atoms with Crippen LogP contribution in [0.25, 0.3) is 0 Å². The van der Waals surface area contributed by atoms with E-state index in [0.29, 0.717) is 31.7 Å². The molecule has 0 aliphatic carbocycles. The van der Waals surface area contributed by atoms with Crippen molar-refractivity contribution < 1.29 is 19.4 Å². The minimum atomic E-state index is -0.644. The van der Waals surface area contributed by atoms with Gasteiger partial charge in [0.25, 0.3) is 5.91 Å². The Morgan fingerprint density at radius 1 is 1.31 bits per heavy atom. The minimum absolute atomic E-state index is 0.0246. The highest BCUT2D eigenvalue weighted by molar-refractivity contribution is 6.19. The summed E-state index contributed by atoms with van der Waals surface area (Å²) in [5.74, 6) is 0.821. The molecule has 6 nitrogen and oxygen atoms in total. The minimum Gasteiger partial charge on any atom is -0.508 e. The van der Waals surface area contributed by atoms with Crippen LogP contribution in [0.5, 0.6) is 11.5 Å². The van der Waals surface area contributed by atoms with E-state index in [1.54, 1.807) is 19.1 Å². The molecule has 0 aromatic heterocycles. The van der Waals surface area contributed by atoms with Crippen LogP contribution >= 0.6 is 11.6 Å². The van der Waals surface area contributed by atoms with Gasteiger partial charge in [0, 0.05) is 25.0 Å². The van der Waals surface area contributed by atoms with Crippen LogP contribution in [0.4, 0.5) is 0 Å². The molecule has 1 aliphatic rings. The zero-order valence-electron chi connectivity index (χ0n) is 15.5. The Kier molecular flexibility index (Phi) is 6.75. The molecule has 1 aliphatic heterocycles. The number of carbonyl (C=O) groups excluding carboxylic acids is 2. The van der Waals surface area contributed by atoms with Crippen molar-refractivity contribution in [2.75, 3.05) is 19.0 Å². The van der Waals surface area contributed by atoms with Gasteiger partial charge in [0.2, 0.25) is 5.91 Å². The largest absolute Gasteiger partial charge is 0.508 e. The summed E-state index contributed by atoms with van der Waals surface area (Å²) in [6.07, 6.45) is 0.776. The standard InChI is InChI=1S/C19H27ClN2O4/c1-13(26-16-6-4-15(23)5-7-16)17(24)21-14-8-10-22(11-9-14)18(25)19(2,3)12-20/h4-7,13-14,23H,8-12H2,1-3H3,(H,21,24). The predicted octanol–water partition coefficient (Wildman–Crippen LogP) is 2.53. The molecule has 1 atom stereocenters. The number of piperidine rings is 1. The molecule has 2 rings (SSSR count). The highest BCUT2D eigenvalue weighted by atomic mass is 35.5. The molecule has 0 spiro atoms. The topological polar surface area (TPSA) is 78.9 Å². The lowest BCUT2D eigenvalue weighted by Gasteiger charge is -2.36. The molecular weight excluding hydrogens is 356 g/mol. The lowest BCUT2D eigenvalue weighted by Crippen LogP contribution is -2.51. The molecule has 1 fully saturated rings. The van der Waals surface area contributed by atoms with Gasteiger partial charge in [-0.3, -0.25) is 9.59 Å². The van der Waals surface area contributed by atoms with Crippen molar-refractivity contribution in [2.45, 2.75) is 45.8 Å². The Bertz CT molecular complexity index is 625. The van der Waals surface area contributed by atoms with Crippen LogP contribution in [-0.4, -0.2) is 52.9 Å². The van der Waals surface area contributed by atoms with Gasteiger partial charge in [-0.05, 0) is 57.9 Å². The van der Waals surface area contributed by atoms with Gasteiger partial charge in [-0.1, -0.05) is 0 Å². The van der Waals surface area contributed by atoms with E-state index in [4.69, 9.17) is 16.3 Å². The zero-order valence-corrected chi connectivity index (χ0v) is 16.3. The van der Waals surface area contributed by atoms with Crippen LogP contribution in [0.1, 0.15) is 33.6 Å². The van der Waals surface area contributed by atoms with E-state index in [0.717, 1.165) is 0 Å². The Morgan fingerprint density at radius 3 is 2.42 bits per heavy atom. The molecule has 26 heavy (non-hydrogen) atoms. The van der Waals surface area contributed by atoms with Crippen LogP contribution in [-0.2, 0) is 9.59 Å². The molecule has 1 heterocycles. The summed E-state index contributed by atoms with van der Waals surface area (Å²) in [6, 6.07) is 6.27. The molecule has 144 valence electrons. The number of halogens is 1. The number of amides is 2. The van der Waals surface area contributed by atoms with Gasteiger partial charge >= 0.3 is 0 Å². The number of phenols is 1. The molecule has 0 radical (unpaired) electrons. The lowest BCUT2D eigenvalue weighted by molar-refractivity contribution is -0.140. The van der Waals surface area contributed by atoms with Crippen molar-refractivity contribution in [3.8, 4) is 11.5 Å². The van der Waals surface area contributed by atoms with E-state index >= 15 is 0 Å². The van der Waals surface area contributed by atoms with Crippen molar-refractivity contribution in [3.63, 3.8) is 0 Å². The summed E-state index contributed by atoms with van der Waals surface area (Å²) in [7, 11) is 0. The predicted molar refractivity (Wildman–Crippen MR) is 100 cm³/mol. The van der Waals surface area contributed by atoms with Crippen molar-refractivity contribution in [2.24, 2.45) is 5.41 Å². The van der Waals surface area contributed by atoms with Crippen LogP contribution in [0.15, 0.2) is 24.3 Å². The van der Waals surface area contributed by atoms with E-state index in [9.17, 15) is 14.7 Å². The average molecular weight is 383 g/mol. The van der Waals surface area contributed by atoms with Crippen molar-refractivity contribution in [3.05, 3.63) is 24.3 Å². The van der Waals surface area contributed by atoms with E-state index in [2.05, 4.69) is 5.32 Å². The number of benzene rings is 1. The van der Waals surface area contributed by atoms with Crippen LogP contribution < -0.4 is 10.1 Å². The van der Waals surface area contributed by atoms with Gasteiger partial charge < -0.3 is 20.1 Å². The summed E-state index contributed by atoms with van der Waals surface area (Å²) in [5, 5.41) is 12.3. The van der Waals surface area contributed by atoms with Gasteiger partial charge in [-0.15, -0.1) is 11.6 Å². The first-order valence-corrected chi connectivity index (χ1v) is 9.38. The Balaban J connectivity index is 1.80. The smallest absolute Gasteiger partial charge is 0.260 e. The second kappa shape index (κ2) is 8.62. The van der Waals surface area contributed by atoms with Gasteiger partial charge in [0.15, 0.2) is 6.10 Å². The second-order valence-corrected chi connectivity index (χ2v) is 7.61. The van der Waals surface area contributed by atoms with Crippen LogP contribution in [0.3, 0.4) is 0 Å². The van der Waals surface area contributed by atoms with E-state index in [1.165, 1.54) is 12.1 Å². The Morgan fingerprint density at radius 2 is 1.88 bits per heavy atom. The number of nitrogens with one attached hydrogen (secondary N) is 1. The molecule has 1 unspecified atom stereocenters. The number of phenolic OH excluding ortho intramolecular Hbond substituents is 1. The highest BCUT2D eigenvalue weighted by Crippen LogP contribution is 2.23. The molecule has 7 heteroatoms. The highest BCUT2D eigenvalue weighted by Gasteiger charge is 2.33. The second-order valence-electron chi connectivity index (χ2n) is 7.35. The molecular formula is C19H27ClN2O4. The van der Waals surface area contributed by atoms with Crippen LogP contribution in [0.2, 0.25) is 0 Å². The normalized spacial score (nSPS) is 16.8. The van der Waals surface area contributed by atoms with Crippen molar-refractivity contribution in [1.82, 2.24) is 10.2 Å². The first-order chi connectivity index (χ1) is 12.2. The lowest BCUT2D eigenvalue weighted by atomic mass is 9.92. The van der Waals surface area contributed by atoms with E-state index in [-0.39, 0.29) is 29.5 Å². The van der Waals surface area contributed by atoms with Gasteiger partial charge in [0.05, 0.1) is 5.41 Å². The third-order valence-corrected chi connectivity index (χ3v) is 5.23. The molecule has 2 N–H and O–H groups in total. The number of hydrogen-bond donors (Lipinski definition) is 2. The number of ether oxygens (including phenoxy) is 1. The fourth-order valence-electron chi connectivity index (χ4n) is 2.81. The summed E-state index contributed by atoms with van der Waals surface area (Å²) >= 11 is 5.88. The van der Waals surface area contributed by atoms with Gasteiger partial charge in [0.1, 0.15) is 11.5 Å². The number of likely N-dealkylation sites (tertiary alicyclic amines) is 1. The van der Waals surface area contributed by atoms with E-state index in [1.807, 2.05) is 18.7 Å². The average Bonchev–Trinajstić information content (AvgIpc) is 2.63. The maximum atomic E-state index is 12.4. The molecule has 2 amide bonds. The quantitative estimate of drug-likeness (QED) is 0.741. The number of nitrogens with zero attached hydrogens (tertiary/aromatic N) is 1.